The number of epoxide rings is 1. The van der Waals surface area contributed by atoms with Crippen LogP contribution in [0.5, 0.6) is 0 Å². The molecule has 2 aliphatic rings. The van der Waals surface area contributed by atoms with Gasteiger partial charge in [0.2, 0.25) is 0 Å². The molecule has 0 bridgehead atoms. The van der Waals surface area contributed by atoms with Crippen molar-refractivity contribution in [1.29, 1.82) is 0 Å². The normalized spacial score (nSPS) is 37.5. The van der Waals surface area contributed by atoms with E-state index in [0.717, 1.165) is 35.5 Å². The predicted molar refractivity (Wildman–Crippen MR) is 136 cm³/mol. The molecule has 3 heterocycles. The Morgan fingerprint density at radius 3 is 2.54 bits per heavy atom. The second-order valence-corrected chi connectivity index (χ2v) is 12.3. The van der Waals surface area contributed by atoms with Crippen molar-refractivity contribution >= 4 is 29.2 Å². The molecule has 2 fully saturated rings. The molecule has 0 aliphatic carbocycles. The highest BCUT2D eigenvalue weighted by molar-refractivity contribution is 7.09. The Balaban J connectivity index is 1.85. The van der Waals surface area contributed by atoms with Crippen LogP contribution in [0.1, 0.15) is 84.3 Å². The van der Waals surface area contributed by atoms with Gasteiger partial charge in [-0.15, -0.1) is 11.3 Å². The Hall–Kier alpha value is -1.61. The highest BCUT2D eigenvalue weighted by Gasteiger charge is 2.53. The SMILES string of the molecule is C/C(=C\c1csc(C)n1)[C@@H]1C[C@@H]2O[C@]2(C)CCC[C@H](C)[C@H](O)[C@H](C)C(=O)C(C)(C)[C@H](O)CC(=O)O1. The zero-order valence-corrected chi connectivity index (χ0v) is 22.9. The largest absolute Gasteiger partial charge is 0.458 e. The number of nitrogens with zero attached hydrogens (tertiary/aromatic N) is 1. The first kappa shape index (κ1) is 28.0. The number of carbonyl (C=O) groups excluding carboxylic acids is 2. The molecule has 7 atom stereocenters. The molecule has 35 heavy (non-hydrogen) atoms. The van der Waals surface area contributed by atoms with Crippen LogP contribution in [0, 0.1) is 24.2 Å². The summed E-state index contributed by atoms with van der Waals surface area (Å²) in [5.74, 6) is -1.55. The Kier molecular flexibility index (Phi) is 8.62. The molecule has 0 unspecified atom stereocenters. The lowest BCUT2D eigenvalue weighted by atomic mass is 9.73. The van der Waals surface area contributed by atoms with E-state index in [2.05, 4.69) is 11.9 Å². The van der Waals surface area contributed by atoms with Gasteiger partial charge >= 0.3 is 5.97 Å². The standard InChI is InChI=1S/C27H41NO6S/c1-15-9-8-10-27(7)22(34-27)12-20(16(2)11-19-14-35-18(4)28-19)33-23(30)13-21(29)26(5,6)25(32)17(3)24(15)31/h11,14-15,17,20-22,24,29,31H,8-10,12-13H2,1-7H3/b16-11+/t15-,17-,20-,21+,22-,24-,27+/m0/s1. The van der Waals surface area contributed by atoms with E-state index in [1.54, 1.807) is 32.1 Å². The minimum atomic E-state index is -1.23. The number of aliphatic hydroxyl groups excluding tert-OH is 2. The lowest BCUT2D eigenvalue weighted by molar-refractivity contribution is -0.154. The van der Waals surface area contributed by atoms with Crippen LogP contribution in [-0.4, -0.2) is 57.0 Å². The van der Waals surface area contributed by atoms with Gasteiger partial charge in [-0.3, -0.25) is 9.59 Å². The zero-order valence-electron chi connectivity index (χ0n) is 22.0. The summed E-state index contributed by atoms with van der Waals surface area (Å²) in [4.78, 5) is 30.6. The fraction of sp³-hybridized carbons (Fsp3) is 0.741. The fourth-order valence-electron chi connectivity index (χ4n) is 5.07. The zero-order chi connectivity index (χ0) is 26.1. The number of fused-ring (bicyclic) bond motifs is 1. The number of carbonyl (C=O) groups is 2. The third-order valence-corrected chi connectivity index (χ3v) is 8.72. The van der Waals surface area contributed by atoms with Gasteiger partial charge in [-0.25, -0.2) is 4.98 Å². The van der Waals surface area contributed by atoms with E-state index < -0.39 is 35.6 Å². The number of esters is 1. The molecular weight excluding hydrogens is 466 g/mol. The summed E-state index contributed by atoms with van der Waals surface area (Å²) in [6.07, 6.45) is 1.98. The van der Waals surface area contributed by atoms with Crippen LogP contribution >= 0.6 is 11.3 Å². The number of ether oxygens (including phenoxy) is 2. The maximum Gasteiger partial charge on any atom is 0.309 e. The van der Waals surface area contributed by atoms with Crippen molar-refractivity contribution in [2.75, 3.05) is 0 Å². The third-order valence-electron chi connectivity index (χ3n) is 7.93. The maximum atomic E-state index is 13.2. The number of Topliss-reactive ketones (excluding diaryl/α,β-unsaturated/α-hetero) is 1. The van der Waals surface area contributed by atoms with Gasteiger partial charge in [0, 0.05) is 17.7 Å². The first-order valence-corrected chi connectivity index (χ1v) is 13.5. The molecule has 7 nitrogen and oxygen atoms in total. The summed E-state index contributed by atoms with van der Waals surface area (Å²) in [6.45, 7) is 12.8. The molecule has 8 heteroatoms. The minimum Gasteiger partial charge on any atom is -0.458 e. The van der Waals surface area contributed by atoms with Crippen molar-refractivity contribution in [3.05, 3.63) is 21.7 Å². The number of thiazole rings is 1. The van der Waals surface area contributed by atoms with E-state index in [1.165, 1.54) is 0 Å². The van der Waals surface area contributed by atoms with E-state index in [1.807, 2.05) is 32.2 Å². The fourth-order valence-corrected chi connectivity index (χ4v) is 5.64. The van der Waals surface area contributed by atoms with Gasteiger partial charge < -0.3 is 19.7 Å². The number of aromatic nitrogens is 1. The number of hydrogen-bond acceptors (Lipinski definition) is 8. The molecule has 0 radical (unpaired) electrons. The summed E-state index contributed by atoms with van der Waals surface area (Å²) in [7, 11) is 0. The van der Waals surface area contributed by atoms with E-state index >= 15 is 0 Å². The minimum absolute atomic E-state index is 0.0455. The van der Waals surface area contributed by atoms with Gasteiger partial charge in [-0.1, -0.05) is 34.1 Å². The Morgan fingerprint density at radius 2 is 1.91 bits per heavy atom. The molecule has 0 saturated carbocycles. The van der Waals surface area contributed by atoms with E-state index in [4.69, 9.17) is 9.47 Å². The Morgan fingerprint density at radius 1 is 1.23 bits per heavy atom. The van der Waals surface area contributed by atoms with Crippen molar-refractivity contribution in [3.63, 3.8) is 0 Å². The summed E-state index contributed by atoms with van der Waals surface area (Å²) in [5.41, 5.74) is 0.179. The lowest BCUT2D eigenvalue weighted by Crippen LogP contribution is -2.45. The average molecular weight is 508 g/mol. The smallest absolute Gasteiger partial charge is 0.309 e. The number of rotatable bonds is 2. The van der Waals surface area contributed by atoms with Gasteiger partial charge in [0.15, 0.2) is 0 Å². The van der Waals surface area contributed by atoms with Gasteiger partial charge in [0.25, 0.3) is 0 Å². The molecule has 196 valence electrons. The molecule has 2 saturated heterocycles. The molecule has 2 N–H and O–H groups in total. The van der Waals surface area contributed by atoms with Crippen molar-refractivity contribution in [2.24, 2.45) is 17.3 Å². The third kappa shape index (κ3) is 6.59. The predicted octanol–water partition coefficient (Wildman–Crippen LogP) is 4.48. The Bertz CT molecular complexity index is 955. The number of ketones is 1. The van der Waals surface area contributed by atoms with Gasteiger partial charge in [0.05, 0.1) is 46.5 Å². The first-order valence-electron chi connectivity index (χ1n) is 12.6. The number of aryl methyl sites for hydroxylation is 1. The lowest BCUT2D eigenvalue weighted by Gasteiger charge is -2.34. The molecule has 1 aromatic rings. The second kappa shape index (κ2) is 10.8. The molecule has 0 amide bonds. The number of cyclic esters (lactones) is 1. The van der Waals surface area contributed by atoms with E-state index in [9.17, 15) is 19.8 Å². The maximum absolute atomic E-state index is 13.2. The van der Waals surface area contributed by atoms with Crippen molar-refractivity contribution in [2.45, 2.75) is 111 Å². The van der Waals surface area contributed by atoms with Gasteiger partial charge in [-0.2, -0.15) is 0 Å². The van der Waals surface area contributed by atoms with Crippen LogP contribution in [0.2, 0.25) is 0 Å². The van der Waals surface area contributed by atoms with Crippen molar-refractivity contribution in [1.82, 2.24) is 4.98 Å². The van der Waals surface area contributed by atoms with Crippen LogP contribution in [-0.2, 0) is 19.1 Å². The molecule has 0 spiro atoms. The topological polar surface area (TPSA) is 109 Å². The summed E-state index contributed by atoms with van der Waals surface area (Å²) >= 11 is 1.56. The second-order valence-electron chi connectivity index (χ2n) is 11.3. The quantitative estimate of drug-likeness (QED) is 0.449. The summed E-state index contributed by atoms with van der Waals surface area (Å²) in [5, 5.41) is 24.6. The number of aliphatic hydroxyl groups is 2. The Labute approximate surface area is 212 Å². The van der Waals surface area contributed by atoms with Crippen LogP contribution < -0.4 is 0 Å². The van der Waals surface area contributed by atoms with E-state index in [-0.39, 0.29) is 29.8 Å². The monoisotopic (exact) mass is 507 g/mol. The number of hydrogen-bond donors (Lipinski definition) is 2. The van der Waals surface area contributed by atoms with Crippen LogP contribution in [0.25, 0.3) is 6.08 Å². The van der Waals surface area contributed by atoms with E-state index in [0.29, 0.717) is 6.42 Å². The molecular formula is C27H41NO6S. The van der Waals surface area contributed by atoms with Crippen LogP contribution in [0.15, 0.2) is 11.0 Å². The molecule has 2 aliphatic heterocycles. The van der Waals surface area contributed by atoms with Crippen molar-refractivity contribution in [3.8, 4) is 0 Å². The van der Waals surface area contributed by atoms with Crippen LogP contribution in [0.4, 0.5) is 0 Å². The average Bonchev–Trinajstić information content (AvgIpc) is 3.22. The summed E-state index contributed by atoms with van der Waals surface area (Å²) in [6, 6.07) is 0. The first-order chi connectivity index (χ1) is 16.2. The van der Waals surface area contributed by atoms with Crippen LogP contribution in [0.3, 0.4) is 0 Å². The van der Waals surface area contributed by atoms with Gasteiger partial charge in [0.1, 0.15) is 11.9 Å². The van der Waals surface area contributed by atoms with Gasteiger partial charge in [-0.05, 0) is 51.2 Å². The molecule has 1 aromatic heterocycles. The molecule has 0 aromatic carbocycles. The highest BCUT2D eigenvalue weighted by Crippen LogP contribution is 2.45. The summed E-state index contributed by atoms with van der Waals surface area (Å²) < 4.78 is 11.9. The molecule has 3 rings (SSSR count). The van der Waals surface area contributed by atoms with Crippen molar-refractivity contribution < 1.29 is 29.3 Å². The highest BCUT2D eigenvalue weighted by atomic mass is 32.1.